The molecule has 0 heterocycles. The molecule has 2 aromatic carbocycles. The molecule has 1 nitrogen and oxygen atoms in total. The van der Waals surface area contributed by atoms with Gasteiger partial charge in [-0.1, -0.05) is 0 Å². The molecule has 2 aromatic rings. The van der Waals surface area contributed by atoms with Crippen molar-refractivity contribution in [2.45, 2.75) is 6.92 Å². The standard InChI is InChI=1S/C14H7BF6O/c1-4-5(16)3-6(17)7(10(4)18)8-11(19)9(15)13(21)14(22-2)12(8)20/h3H,1-2H3. The Morgan fingerprint density at radius 3 is 1.95 bits per heavy atom. The van der Waals surface area contributed by atoms with Crippen LogP contribution in [0.25, 0.3) is 11.1 Å². The fourth-order valence-electron chi connectivity index (χ4n) is 1.98. The van der Waals surface area contributed by atoms with Crippen LogP contribution in [0.5, 0.6) is 5.75 Å². The van der Waals surface area contributed by atoms with Gasteiger partial charge in [-0.3, -0.25) is 0 Å². The van der Waals surface area contributed by atoms with Crippen LogP contribution in [-0.4, -0.2) is 15.0 Å². The second kappa shape index (κ2) is 5.59. The van der Waals surface area contributed by atoms with Crippen molar-refractivity contribution in [2.75, 3.05) is 7.11 Å². The maximum Gasteiger partial charge on any atom is 0.190 e. The first kappa shape index (κ1) is 16.3. The van der Waals surface area contributed by atoms with Gasteiger partial charge in [-0.05, 0) is 12.4 Å². The van der Waals surface area contributed by atoms with Crippen LogP contribution in [0.4, 0.5) is 26.3 Å². The van der Waals surface area contributed by atoms with Crippen molar-refractivity contribution in [1.29, 1.82) is 0 Å². The predicted molar refractivity (Wildman–Crippen MR) is 68.3 cm³/mol. The first-order valence-electron chi connectivity index (χ1n) is 5.86. The van der Waals surface area contributed by atoms with Crippen molar-refractivity contribution in [1.82, 2.24) is 0 Å². The molecule has 22 heavy (non-hydrogen) atoms. The number of ether oxygens (including phenoxy) is 1. The third-order valence-corrected chi connectivity index (χ3v) is 3.16. The highest BCUT2D eigenvalue weighted by Gasteiger charge is 2.29. The zero-order chi connectivity index (χ0) is 16.8. The molecule has 0 N–H and O–H groups in total. The zero-order valence-corrected chi connectivity index (χ0v) is 11.3. The highest BCUT2D eigenvalue weighted by molar-refractivity contribution is 6.33. The van der Waals surface area contributed by atoms with Gasteiger partial charge in [0.25, 0.3) is 0 Å². The summed E-state index contributed by atoms with van der Waals surface area (Å²) in [5, 5.41) is 0. The van der Waals surface area contributed by atoms with Crippen molar-refractivity contribution in [3.63, 3.8) is 0 Å². The van der Waals surface area contributed by atoms with Crippen LogP contribution in [-0.2, 0) is 0 Å². The van der Waals surface area contributed by atoms with Crippen LogP contribution < -0.4 is 10.2 Å². The Balaban J connectivity index is 2.97. The molecule has 0 spiro atoms. The number of halogens is 6. The molecule has 0 aliphatic carbocycles. The van der Waals surface area contributed by atoms with E-state index < -0.39 is 62.8 Å². The molecule has 2 radical (unpaired) electrons. The minimum atomic E-state index is -1.71. The van der Waals surface area contributed by atoms with Crippen LogP contribution in [0.3, 0.4) is 0 Å². The highest BCUT2D eigenvalue weighted by atomic mass is 19.2. The molecule has 0 saturated carbocycles. The van der Waals surface area contributed by atoms with E-state index in [9.17, 15) is 26.3 Å². The summed E-state index contributed by atoms with van der Waals surface area (Å²) in [6.45, 7) is 0.952. The summed E-state index contributed by atoms with van der Waals surface area (Å²) in [6.07, 6.45) is 0. The van der Waals surface area contributed by atoms with Crippen molar-refractivity contribution in [3.05, 3.63) is 46.5 Å². The monoisotopic (exact) mass is 316 g/mol. The van der Waals surface area contributed by atoms with E-state index in [-0.39, 0.29) is 6.07 Å². The molecule has 0 fully saturated rings. The van der Waals surface area contributed by atoms with Crippen LogP contribution in [0.2, 0.25) is 0 Å². The van der Waals surface area contributed by atoms with Gasteiger partial charge in [0.05, 0.1) is 18.2 Å². The fourth-order valence-corrected chi connectivity index (χ4v) is 1.98. The SMILES string of the molecule is [B]c1c(F)c(OC)c(F)c(-c2c(F)cc(F)c(C)c2F)c1F. The topological polar surface area (TPSA) is 9.23 Å². The van der Waals surface area contributed by atoms with Gasteiger partial charge in [0.1, 0.15) is 31.1 Å². The molecule has 0 amide bonds. The second-order valence-electron chi connectivity index (χ2n) is 4.42. The van der Waals surface area contributed by atoms with E-state index in [1.165, 1.54) is 0 Å². The number of hydrogen-bond donors (Lipinski definition) is 0. The Hall–Kier alpha value is -2.12. The lowest BCUT2D eigenvalue weighted by atomic mass is 9.88. The molecule has 0 aliphatic heterocycles. The normalized spacial score (nSPS) is 10.9. The van der Waals surface area contributed by atoms with Crippen molar-refractivity contribution >= 4 is 13.3 Å². The molecular formula is C14H7BF6O. The lowest BCUT2D eigenvalue weighted by molar-refractivity contribution is 0.359. The summed E-state index contributed by atoms with van der Waals surface area (Å²) < 4.78 is 87.3. The number of methoxy groups -OCH3 is 1. The quantitative estimate of drug-likeness (QED) is 0.610. The van der Waals surface area contributed by atoms with Gasteiger partial charge in [-0.25, -0.2) is 26.3 Å². The molecule has 0 bridgehead atoms. The average molecular weight is 316 g/mol. The van der Waals surface area contributed by atoms with Gasteiger partial charge in [-0.2, -0.15) is 0 Å². The van der Waals surface area contributed by atoms with Crippen LogP contribution >= 0.6 is 0 Å². The number of benzene rings is 2. The van der Waals surface area contributed by atoms with Gasteiger partial charge >= 0.3 is 0 Å². The summed E-state index contributed by atoms with van der Waals surface area (Å²) in [5.74, 6) is -10.4. The molecule has 0 saturated heterocycles. The van der Waals surface area contributed by atoms with E-state index in [0.717, 1.165) is 14.0 Å². The Bertz CT molecular complexity index is 775. The minimum Gasteiger partial charge on any atom is -0.491 e. The lowest BCUT2D eigenvalue weighted by Gasteiger charge is -2.15. The molecule has 8 heteroatoms. The molecule has 0 aliphatic rings. The van der Waals surface area contributed by atoms with E-state index in [1.807, 2.05) is 0 Å². The maximum atomic E-state index is 14.2. The Kier molecular flexibility index (Phi) is 4.13. The summed E-state index contributed by atoms with van der Waals surface area (Å²) in [5.41, 5.74) is -4.29. The number of rotatable bonds is 2. The highest BCUT2D eigenvalue weighted by Crippen LogP contribution is 2.36. The third kappa shape index (κ3) is 2.22. The maximum absolute atomic E-state index is 14.2. The third-order valence-electron chi connectivity index (χ3n) is 3.16. The predicted octanol–water partition coefficient (Wildman–Crippen LogP) is 3.30. The summed E-state index contributed by atoms with van der Waals surface area (Å²) in [6, 6.07) is 0.263. The van der Waals surface area contributed by atoms with Gasteiger partial charge in [0.2, 0.25) is 0 Å². The molecular weight excluding hydrogens is 309 g/mol. The minimum absolute atomic E-state index is 0.263. The van der Waals surface area contributed by atoms with E-state index >= 15 is 0 Å². The van der Waals surface area contributed by atoms with Gasteiger partial charge in [0, 0.05) is 11.6 Å². The molecule has 0 aromatic heterocycles. The summed E-state index contributed by atoms with van der Waals surface area (Å²) in [7, 11) is 5.98. The zero-order valence-electron chi connectivity index (χ0n) is 11.3. The first-order valence-corrected chi connectivity index (χ1v) is 5.86. The van der Waals surface area contributed by atoms with E-state index in [1.54, 1.807) is 0 Å². The Labute approximate surface area is 122 Å². The van der Waals surface area contributed by atoms with Gasteiger partial charge in [-0.15, -0.1) is 0 Å². The van der Waals surface area contributed by atoms with Crippen LogP contribution in [0.1, 0.15) is 5.56 Å². The van der Waals surface area contributed by atoms with Crippen molar-refractivity contribution in [3.8, 4) is 16.9 Å². The molecule has 114 valence electrons. The van der Waals surface area contributed by atoms with Crippen LogP contribution in [0.15, 0.2) is 6.07 Å². The molecule has 2 rings (SSSR count). The van der Waals surface area contributed by atoms with E-state index in [2.05, 4.69) is 4.74 Å². The van der Waals surface area contributed by atoms with Crippen LogP contribution in [0, 0.1) is 41.8 Å². The first-order chi connectivity index (χ1) is 10.2. The summed E-state index contributed by atoms with van der Waals surface area (Å²) in [4.78, 5) is 0. The molecule has 0 atom stereocenters. The smallest absolute Gasteiger partial charge is 0.190 e. The second-order valence-corrected chi connectivity index (χ2v) is 4.42. The fraction of sp³-hybridized carbons (Fsp3) is 0.143. The average Bonchev–Trinajstić information content (AvgIpc) is 2.47. The van der Waals surface area contributed by atoms with Crippen molar-refractivity contribution in [2.24, 2.45) is 0 Å². The van der Waals surface area contributed by atoms with E-state index in [0.29, 0.717) is 0 Å². The van der Waals surface area contributed by atoms with Gasteiger partial charge in [0.15, 0.2) is 17.4 Å². The molecule has 0 unspecified atom stereocenters. The summed E-state index contributed by atoms with van der Waals surface area (Å²) >= 11 is 0. The lowest BCUT2D eigenvalue weighted by Crippen LogP contribution is -2.19. The number of hydrogen-bond acceptors (Lipinski definition) is 1. The Morgan fingerprint density at radius 2 is 1.41 bits per heavy atom. The largest absolute Gasteiger partial charge is 0.491 e. The van der Waals surface area contributed by atoms with Crippen molar-refractivity contribution < 1.29 is 31.1 Å². The van der Waals surface area contributed by atoms with E-state index in [4.69, 9.17) is 7.85 Å². The Morgan fingerprint density at radius 1 is 0.818 bits per heavy atom. The van der Waals surface area contributed by atoms with Gasteiger partial charge < -0.3 is 4.74 Å².